The van der Waals surface area contributed by atoms with Crippen LogP contribution < -0.4 is 10.9 Å². The van der Waals surface area contributed by atoms with Crippen LogP contribution in [-0.2, 0) is 14.6 Å². The molecule has 0 aliphatic carbocycles. The fourth-order valence-corrected chi connectivity index (χ4v) is 2.16. The Balaban J connectivity index is 2.93. The maximum absolute atomic E-state index is 11.6. The maximum atomic E-state index is 11.6. The van der Waals surface area contributed by atoms with Gasteiger partial charge >= 0.3 is 6.09 Å². The van der Waals surface area contributed by atoms with E-state index in [-0.39, 0.29) is 17.3 Å². The summed E-state index contributed by atoms with van der Waals surface area (Å²) in [5.74, 6) is 5.55. The Kier molecular flexibility index (Phi) is 4.69. The van der Waals surface area contributed by atoms with Crippen molar-refractivity contribution in [2.75, 3.05) is 17.4 Å². The van der Waals surface area contributed by atoms with E-state index in [0.29, 0.717) is 5.69 Å². The highest BCUT2D eigenvalue weighted by Gasteiger charge is 2.15. The third-order valence-electron chi connectivity index (χ3n) is 2.32. The monoisotopic (exact) mass is 272 g/mol. The molecule has 0 unspecified atom stereocenters. The molecule has 7 heteroatoms. The van der Waals surface area contributed by atoms with Gasteiger partial charge in [-0.3, -0.25) is 0 Å². The predicted molar refractivity (Wildman–Crippen MR) is 67.9 cm³/mol. The third-order valence-corrected chi connectivity index (χ3v) is 4.07. The quantitative estimate of drug-likeness (QED) is 0.507. The molecule has 1 aromatic carbocycles. The number of ether oxygens (including phenoxy) is 1. The number of benzene rings is 1. The van der Waals surface area contributed by atoms with E-state index in [9.17, 15) is 13.2 Å². The van der Waals surface area contributed by atoms with Crippen molar-refractivity contribution in [3.8, 4) is 0 Å². The molecule has 0 heterocycles. The number of carbonyl (C=O) groups is 1. The summed E-state index contributed by atoms with van der Waals surface area (Å²) in [6.07, 6.45) is -0.691. The van der Waals surface area contributed by atoms with Gasteiger partial charge in [-0.05, 0) is 31.2 Å². The topological polar surface area (TPSA) is 89.7 Å². The van der Waals surface area contributed by atoms with E-state index in [1.54, 1.807) is 13.8 Å². The fraction of sp³-hybridized carbons (Fsp3) is 0.364. The summed E-state index contributed by atoms with van der Waals surface area (Å²) < 4.78 is 27.9. The minimum absolute atomic E-state index is 0.0244. The minimum Gasteiger partial charge on any atom is -0.449 e. The van der Waals surface area contributed by atoms with Crippen LogP contribution in [0.25, 0.3) is 0 Å². The average molecular weight is 272 g/mol. The highest BCUT2D eigenvalue weighted by atomic mass is 32.2. The minimum atomic E-state index is -3.25. The Hall–Kier alpha value is -1.60. The highest BCUT2D eigenvalue weighted by molar-refractivity contribution is 7.91. The molecule has 0 fully saturated rings. The number of hydrogen-bond donors (Lipinski definition) is 1. The van der Waals surface area contributed by atoms with Crippen molar-refractivity contribution < 1.29 is 17.9 Å². The Labute approximate surface area is 106 Å². The molecule has 0 aromatic heterocycles. The summed E-state index contributed by atoms with van der Waals surface area (Å²) in [5, 5.41) is 0.825. The van der Waals surface area contributed by atoms with Crippen LogP contribution in [0.3, 0.4) is 0 Å². The highest BCUT2D eigenvalue weighted by Crippen LogP contribution is 2.17. The molecule has 1 rings (SSSR count). The van der Waals surface area contributed by atoms with E-state index in [1.165, 1.54) is 24.3 Å². The predicted octanol–water partition coefficient (Wildman–Crippen LogP) is 1.32. The summed E-state index contributed by atoms with van der Waals surface area (Å²) >= 11 is 0. The Morgan fingerprint density at radius 2 is 1.83 bits per heavy atom. The second-order valence-electron chi connectivity index (χ2n) is 3.47. The zero-order chi connectivity index (χ0) is 13.8. The molecule has 0 saturated heterocycles. The van der Waals surface area contributed by atoms with Crippen LogP contribution >= 0.6 is 0 Å². The van der Waals surface area contributed by atoms with Gasteiger partial charge in [-0.2, -0.15) is 0 Å². The number of rotatable bonds is 4. The molecule has 0 saturated carbocycles. The molecule has 0 aliphatic rings. The van der Waals surface area contributed by atoms with E-state index in [0.717, 1.165) is 5.01 Å². The Morgan fingerprint density at radius 3 is 2.28 bits per heavy atom. The summed E-state index contributed by atoms with van der Waals surface area (Å²) in [6.45, 7) is 3.45. The second-order valence-corrected chi connectivity index (χ2v) is 5.74. The number of amides is 1. The first-order valence-electron chi connectivity index (χ1n) is 5.46. The van der Waals surface area contributed by atoms with Gasteiger partial charge in [0.2, 0.25) is 0 Å². The van der Waals surface area contributed by atoms with Gasteiger partial charge in [-0.15, -0.1) is 0 Å². The van der Waals surface area contributed by atoms with Gasteiger partial charge in [-0.25, -0.2) is 24.1 Å². The van der Waals surface area contributed by atoms with Crippen molar-refractivity contribution >= 4 is 21.6 Å². The number of hydrogen-bond acceptors (Lipinski definition) is 5. The standard InChI is InChI=1S/C11H16N2O4S/c1-3-17-11(14)13(12)9-5-7-10(8-6-9)18(15,16)4-2/h5-8H,3-4,12H2,1-2H3. The molecule has 0 bridgehead atoms. The zero-order valence-electron chi connectivity index (χ0n) is 10.3. The van der Waals surface area contributed by atoms with E-state index in [2.05, 4.69) is 0 Å². The van der Waals surface area contributed by atoms with Crippen LogP contribution in [0.5, 0.6) is 0 Å². The van der Waals surface area contributed by atoms with Crippen LogP contribution in [-0.4, -0.2) is 26.9 Å². The van der Waals surface area contributed by atoms with E-state index in [1.807, 2.05) is 0 Å². The number of hydrazine groups is 1. The molecule has 18 heavy (non-hydrogen) atoms. The molecule has 0 spiro atoms. The van der Waals surface area contributed by atoms with Crippen LogP contribution in [0.4, 0.5) is 10.5 Å². The zero-order valence-corrected chi connectivity index (χ0v) is 11.1. The van der Waals surface area contributed by atoms with Crippen molar-refractivity contribution in [2.45, 2.75) is 18.7 Å². The number of anilines is 1. The van der Waals surface area contributed by atoms with Gasteiger partial charge < -0.3 is 4.74 Å². The number of sulfone groups is 1. The van der Waals surface area contributed by atoms with Gasteiger partial charge in [0.05, 0.1) is 22.9 Å². The third kappa shape index (κ3) is 3.21. The molecule has 0 aliphatic heterocycles. The second kappa shape index (κ2) is 5.83. The average Bonchev–Trinajstić information content (AvgIpc) is 2.38. The van der Waals surface area contributed by atoms with Gasteiger partial charge in [0, 0.05) is 0 Å². The molecular weight excluding hydrogens is 256 g/mol. The lowest BCUT2D eigenvalue weighted by Gasteiger charge is -2.16. The Morgan fingerprint density at radius 1 is 1.28 bits per heavy atom. The number of nitrogens with zero attached hydrogens (tertiary/aromatic N) is 1. The normalized spacial score (nSPS) is 11.1. The van der Waals surface area contributed by atoms with E-state index < -0.39 is 15.9 Å². The largest absolute Gasteiger partial charge is 0.449 e. The number of carbonyl (C=O) groups excluding carboxylic acids is 1. The van der Waals surface area contributed by atoms with Crippen LogP contribution in [0.15, 0.2) is 29.2 Å². The van der Waals surface area contributed by atoms with Gasteiger partial charge in [0.25, 0.3) is 0 Å². The van der Waals surface area contributed by atoms with Crippen LogP contribution in [0.2, 0.25) is 0 Å². The molecule has 100 valence electrons. The maximum Gasteiger partial charge on any atom is 0.428 e. The van der Waals surface area contributed by atoms with Crippen molar-refractivity contribution in [3.05, 3.63) is 24.3 Å². The first-order chi connectivity index (χ1) is 8.42. The number of nitrogens with two attached hydrogens (primary N) is 1. The molecular formula is C11H16N2O4S. The first-order valence-corrected chi connectivity index (χ1v) is 7.12. The van der Waals surface area contributed by atoms with E-state index >= 15 is 0 Å². The van der Waals surface area contributed by atoms with Crippen molar-refractivity contribution in [1.29, 1.82) is 0 Å². The van der Waals surface area contributed by atoms with Gasteiger partial charge in [0.15, 0.2) is 9.84 Å². The van der Waals surface area contributed by atoms with E-state index in [4.69, 9.17) is 10.6 Å². The summed E-state index contributed by atoms with van der Waals surface area (Å²) in [5.41, 5.74) is 0.364. The summed E-state index contributed by atoms with van der Waals surface area (Å²) in [4.78, 5) is 11.5. The van der Waals surface area contributed by atoms with Crippen molar-refractivity contribution in [2.24, 2.45) is 5.84 Å². The molecule has 0 atom stereocenters. The van der Waals surface area contributed by atoms with Crippen LogP contribution in [0.1, 0.15) is 13.8 Å². The SMILES string of the molecule is CCOC(=O)N(N)c1ccc(S(=O)(=O)CC)cc1. The first kappa shape index (κ1) is 14.5. The Bertz CT molecular complexity index is 510. The van der Waals surface area contributed by atoms with Crippen LogP contribution in [0, 0.1) is 0 Å². The molecule has 2 N–H and O–H groups in total. The molecule has 6 nitrogen and oxygen atoms in total. The lowest BCUT2D eigenvalue weighted by Crippen LogP contribution is -2.37. The smallest absolute Gasteiger partial charge is 0.428 e. The molecule has 1 amide bonds. The van der Waals surface area contributed by atoms with Crippen molar-refractivity contribution in [1.82, 2.24) is 0 Å². The lowest BCUT2D eigenvalue weighted by molar-refractivity contribution is 0.160. The molecule has 1 aromatic rings. The lowest BCUT2D eigenvalue weighted by atomic mass is 10.3. The molecule has 0 radical (unpaired) electrons. The van der Waals surface area contributed by atoms with Gasteiger partial charge in [-0.1, -0.05) is 6.92 Å². The summed E-state index contributed by atoms with van der Waals surface area (Å²) in [7, 11) is -3.25. The van der Waals surface area contributed by atoms with Gasteiger partial charge in [0.1, 0.15) is 0 Å². The van der Waals surface area contributed by atoms with Crippen molar-refractivity contribution in [3.63, 3.8) is 0 Å². The summed E-state index contributed by atoms with van der Waals surface area (Å²) in [6, 6.07) is 5.74. The fourth-order valence-electron chi connectivity index (χ4n) is 1.28.